The Bertz CT molecular complexity index is 967. The lowest BCUT2D eigenvalue weighted by atomic mass is 10.0. The van der Waals surface area contributed by atoms with Gasteiger partial charge in [-0.3, -0.25) is 9.59 Å². The number of aromatic amines is 1. The summed E-state index contributed by atoms with van der Waals surface area (Å²) in [7, 11) is 1.76. The van der Waals surface area contributed by atoms with Crippen LogP contribution in [0.4, 0.5) is 0 Å². The van der Waals surface area contributed by atoms with Crippen LogP contribution in [-0.2, 0) is 22.6 Å². The first kappa shape index (κ1) is 19.2. The van der Waals surface area contributed by atoms with E-state index in [1.165, 1.54) is 6.92 Å². The first-order chi connectivity index (χ1) is 13.0. The quantitative estimate of drug-likeness (QED) is 0.630. The third-order valence-corrected chi connectivity index (χ3v) is 5.29. The number of hydrogen-bond donors (Lipinski definition) is 2. The number of aromatic nitrogens is 1. The van der Waals surface area contributed by atoms with Gasteiger partial charge < -0.3 is 15.2 Å². The van der Waals surface area contributed by atoms with Crippen molar-refractivity contribution in [2.45, 2.75) is 25.9 Å². The minimum atomic E-state index is -0.616. The molecule has 3 rings (SSSR count). The molecule has 5 nitrogen and oxygen atoms in total. The second-order valence-corrected chi connectivity index (χ2v) is 7.46. The molecular weight excluding hydrogens is 406 g/mol. The summed E-state index contributed by atoms with van der Waals surface area (Å²) in [6, 6.07) is 15.1. The van der Waals surface area contributed by atoms with Gasteiger partial charge >= 0.3 is 0 Å². The lowest BCUT2D eigenvalue weighted by molar-refractivity contribution is -0.135. The van der Waals surface area contributed by atoms with E-state index in [9.17, 15) is 9.59 Å². The minimum absolute atomic E-state index is 0.119. The maximum absolute atomic E-state index is 13.0. The molecule has 0 aliphatic carbocycles. The zero-order valence-electron chi connectivity index (χ0n) is 15.3. The van der Waals surface area contributed by atoms with Gasteiger partial charge in [-0.2, -0.15) is 0 Å². The summed E-state index contributed by atoms with van der Waals surface area (Å²) in [6.07, 6.45) is 2.34. The average Bonchev–Trinajstić information content (AvgIpc) is 3.05. The number of fused-ring (bicyclic) bond motifs is 1. The van der Waals surface area contributed by atoms with Gasteiger partial charge in [0.25, 0.3) is 0 Å². The van der Waals surface area contributed by atoms with Gasteiger partial charge in [-0.05, 0) is 23.3 Å². The van der Waals surface area contributed by atoms with E-state index in [0.29, 0.717) is 13.0 Å². The van der Waals surface area contributed by atoms with E-state index in [-0.39, 0.29) is 11.8 Å². The summed E-state index contributed by atoms with van der Waals surface area (Å²) < 4.78 is 0.956. The Balaban J connectivity index is 1.80. The van der Waals surface area contributed by atoms with Crippen molar-refractivity contribution in [2.75, 3.05) is 7.05 Å². The number of para-hydroxylation sites is 1. The standard InChI is InChI=1S/C21H22BrN3O2/c1-14(26)24-20(11-16-12-23-19-10-6-4-8-17(16)19)21(27)25(2)13-15-7-3-5-9-18(15)22/h3-10,12,20,23H,11,13H2,1-2H3,(H,24,26). The first-order valence-electron chi connectivity index (χ1n) is 8.76. The van der Waals surface area contributed by atoms with Crippen molar-refractivity contribution in [1.29, 1.82) is 0 Å². The fourth-order valence-corrected chi connectivity index (χ4v) is 3.60. The van der Waals surface area contributed by atoms with E-state index < -0.39 is 6.04 Å². The summed E-state index contributed by atoms with van der Waals surface area (Å²) >= 11 is 3.52. The molecule has 0 spiro atoms. The van der Waals surface area contributed by atoms with E-state index in [1.54, 1.807) is 11.9 Å². The molecule has 27 heavy (non-hydrogen) atoms. The van der Waals surface area contributed by atoms with E-state index in [1.807, 2.05) is 54.7 Å². The molecular formula is C21H22BrN3O2. The van der Waals surface area contributed by atoms with Gasteiger partial charge in [0, 0.05) is 48.5 Å². The van der Waals surface area contributed by atoms with Crippen LogP contribution in [0.2, 0.25) is 0 Å². The number of carbonyl (C=O) groups excluding carboxylic acids is 2. The van der Waals surface area contributed by atoms with Crippen molar-refractivity contribution in [3.63, 3.8) is 0 Å². The van der Waals surface area contributed by atoms with Gasteiger partial charge in [0.2, 0.25) is 11.8 Å². The second kappa shape index (κ2) is 8.39. The van der Waals surface area contributed by atoms with Crippen LogP contribution in [0.15, 0.2) is 59.2 Å². The van der Waals surface area contributed by atoms with Gasteiger partial charge in [0.1, 0.15) is 6.04 Å². The number of likely N-dealkylation sites (N-methyl/N-ethyl adjacent to an activating group) is 1. The number of carbonyl (C=O) groups is 2. The highest BCUT2D eigenvalue weighted by atomic mass is 79.9. The molecule has 0 fully saturated rings. The zero-order valence-corrected chi connectivity index (χ0v) is 16.9. The van der Waals surface area contributed by atoms with Gasteiger partial charge in [0.05, 0.1) is 0 Å². The van der Waals surface area contributed by atoms with Crippen molar-refractivity contribution in [3.8, 4) is 0 Å². The SMILES string of the molecule is CC(=O)NC(Cc1c[nH]c2ccccc12)C(=O)N(C)Cc1ccccc1Br. The fraction of sp³-hybridized carbons (Fsp3) is 0.238. The molecule has 2 amide bonds. The largest absolute Gasteiger partial charge is 0.361 e. The summed E-state index contributed by atoms with van der Waals surface area (Å²) in [5.74, 6) is -0.339. The molecule has 1 aromatic heterocycles. The monoisotopic (exact) mass is 427 g/mol. The van der Waals surface area contributed by atoms with Gasteiger partial charge in [-0.15, -0.1) is 0 Å². The summed E-state index contributed by atoms with van der Waals surface area (Å²) in [5, 5.41) is 3.87. The molecule has 0 aliphatic heterocycles. The maximum Gasteiger partial charge on any atom is 0.245 e. The van der Waals surface area contributed by atoms with E-state index in [2.05, 4.69) is 26.2 Å². The number of halogens is 1. The molecule has 0 radical (unpaired) electrons. The third-order valence-electron chi connectivity index (χ3n) is 4.52. The maximum atomic E-state index is 13.0. The number of rotatable bonds is 6. The average molecular weight is 428 g/mol. The highest BCUT2D eigenvalue weighted by Crippen LogP contribution is 2.21. The van der Waals surface area contributed by atoms with Crippen LogP contribution in [0.25, 0.3) is 10.9 Å². The summed E-state index contributed by atoms with van der Waals surface area (Å²) in [4.78, 5) is 29.6. The molecule has 0 aliphatic rings. The van der Waals surface area contributed by atoms with Crippen LogP contribution in [-0.4, -0.2) is 34.8 Å². The number of amides is 2. The number of nitrogens with zero attached hydrogens (tertiary/aromatic N) is 1. The molecule has 0 bridgehead atoms. The van der Waals surface area contributed by atoms with E-state index in [0.717, 1.165) is 26.5 Å². The van der Waals surface area contributed by atoms with Crippen molar-refractivity contribution < 1.29 is 9.59 Å². The van der Waals surface area contributed by atoms with Crippen molar-refractivity contribution >= 4 is 38.6 Å². The molecule has 140 valence electrons. The molecule has 0 saturated heterocycles. The topological polar surface area (TPSA) is 65.2 Å². The van der Waals surface area contributed by atoms with Gasteiger partial charge in [-0.25, -0.2) is 0 Å². The Morgan fingerprint density at radius 3 is 2.56 bits per heavy atom. The number of nitrogens with one attached hydrogen (secondary N) is 2. The lowest BCUT2D eigenvalue weighted by Gasteiger charge is -2.24. The molecule has 2 N–H and O–H groups in total. The van der Waals surface area contributed by atoms with E-state index in [4.69, 9.17) is 0 Å². The molecule has 1 unspecified atom stereocenters. The van der Waals surface area contributed by atoms with E-state index >= 15 is 0 Å². The zero-order chi connectivity index (χ0) is 19.4. The second-order valence-electron chi connectivity index (χ2n) is 6.60. The number of hydrogen-bond acceptors (Lipinski definition) is 2. The number of H-pyrrole nitrogens is 1. The normalized spacial score (nSPS) is 12.0. The lowest BCUT2D eigenvalue weighted by Crippen LogP contribution is -2.47. The van der Waals surface area contributed by atoms with Gasteiger partial charge in [-0.1, -0.05) is 52.3 Å². The predicted octanol–water partition coefficient (Wildman–Crippen LogP) is 3.64. The van der Waals surface area contributed by atoms with Crippen LogP contribution in [0.3, 0.4) is 0 Å². The summed E-state index contributed by atoms with van der Waals surface area (Å²) in [6.45, 7) is 1.90. The van der Waals surface area contributed by atoms with Gasteiger partial charge in [0.15, 0.2) is 0 Å². The van der Waals surface area contributed by atoms with Crippen molar-refractivity contribution in [2.24, 2.45) is 0 Å². The Labute approximate surface area is 166 Å². The Hall–Kier alpha value is -2.60. The minimum Gasteiger partial charge on any atom is -0.361 e. The van der Waals surface area contributed by atoms with Crippen LogP contribution >= 0.6 is 15.9 Å². The van der Waals surface area contributed by atoms with Crippen LogP contribution in [0, 0.1) is 0 Å². The highest BCUT2D eigenvalue weighted by Gasteiger charge is 2.24. The van der Waals surface area contributed by atoms with Crippen molar-refractivity contribution in [3.05, 3.63) is 70.3 Å². The van der Waals surface area contributed by atoms with Crippen LogP contribution in [0.5, 0.6) is 0 Å². The predicted molar refractivity (Wildman–Crippen MR) is 110 cm³/mol. The fourth-order valence-electron chi connectivity index (χ4n) is 3.19. The molecule has 6 heteroatoms. The first-order valence-corrected chi connectivity index (χ1v) is 9.55. The van der Waals surface area contributed by atoms with Crippen LogP contribution < -0.4 is 5.32 Å². The molecule has 0 saturated carbocycles. The summed E-state index contributed by atoms with van der Waals surface area (Å²) in [5.41, 5.74) is 3.04. The Morgan fingerprint density at radius 1 is 1.11 bits per heavy atom. The van der Waals surface area contributed by atoms with Crippen LogP contribution in [0.1, 0.15) is 18.1 Å². The Morgan fingerprint density at radius 2 is 1.81 bits per heavy atom. The smallest absolute Gasteiger partial charge is 0.245 e. The third kappa shape index (κ3) is 4.57. The molecule has 1 atom stereocenters. The molecule has 2 aromatic carbocycles. The highest BCUT2D eigenvalue weighted by molar-refractivity contribution is 9.10. The van der Waals surface area contributed by atoms with Crippen molar-refractivity contribution in [1.82, 2.24) is 15.2 Å². The molecule has 1 heterocycles. The molecule has 3 aromatic rings. The Kier molecular flexibility index (Phi) is 5.96. The number of benzene rings is 2.